The average molecular weight is 169 g/mol. The van der Waals surface area contributed by atoms with Crippen LogP contribution in [0.1, 0.15) is 19.3 Å². The lowest BCUT2D eigenvalue weighted by Gasteiger charge is -2.19. The Bertz CT molecular complexity index is 247. The highest BCUT2D eigenvalue weighted by molar-refractivity contribution is 6.12. The second-order valence-electron chi connectivity index (χ2n) is 2.94. The summed E-state index contributed by atoms with van der Waals surface area (Å²) >= 11 is 0. The van der Waals surface area contributed by atoms with Crippen LogP contribution < -0.4 is 5.73 Å². The van der Waals surface area contributed by atoms with Gasteiger partial charge in [-0.1, -0.05) is 6.08 Å². The van der Waals surface area contributed by atoms with Crippen molar-refractivity contribution in [2.75, 3.05) is 0 Å². The molecule has 0 spiro atoms. The Hall–Kier alpha value is -1.16. The summed E-state index contributed by atoms with van der Waals surface area (Å²) in [6.07, 6.45) is 4.51. The van der Waals surface area contributed by atoms with Gasteiger partial charge in [-0.05, 0) is 25.3 Å². The highest BCUT2D eigenvalue weighted by atomic mass is 16.4. The Kier molecular flexibility index (Phi) is 2.28. The zero-order valence-corrected chi connectivity index (χ0v) is 6.62. The highest BCUT2D eigenvalue weighted by Gasteiger charge is 2.40. The molecule has 12 heavy (non-hydrogen) atoms. The minimum atomic E-state index is -1.69. The fourth-order valence-corrected chi connectivity index (χ4v) is 1.17. The number of carbonyl (C=O) groups is 2. The Morgan fingerprint density at radius 3 is 2.92 bits per heavy atom. The Labute approximate surface area is 70.1 Å². The lowest BCUT2D eigenvalue weighted by Crippen LogP contribution is -2.53. The third-order valence-electron chi connectivity index (χ3n) is 2.03. The van der Waals surface area contributed by atoms with Crippen LogP contribution in [0.4, 0.5) is 0 Å². The number of carboxylic acid groups (broad SMARTS) is 1. The molecule has 0 aromatic rings. The van der Waals surface area contributed by atoms with Gasteiger partial charge in [0.2, 0.25) is 0 Å². The number of ketones is 1. The maximum atomic E-state index is 11.2. The molecule has 4 heteroatoms. The predicted octanol–water partition coefficient (Wildman–Crippen LogP) is 0.0777. The van der Waals surface area contributed by atoms with E-state index in [2.05, 4.69) is 0 Å². The van der Waals surface area contributed by atoms with Crippen LogP contribution in [0, 0.1) is 0 Å². The standard InChI is InChI=1S/C8H11NO3/c9-8(7(11)12)5-3-1-2-4-6(8)10/h2,4H,1,3,5,9H2,(H,11,12). The van der Waals surface area contributed by atoms with E-state index in [1.54, 1.807) is 6.08 Å². The first-order valence-corrected chi connectivity index (χ1v) is 3.80. The van der Waals surface area contributed by atoms with Gasteiger partial charge in [-0.2, -0.15) is 0 Å². The second kappa shape index (κ2) is 3.06. The van der Waals surface area contributed by atoms with E-state index >= 15 is 0 Å². The third kappa shape index (κ3) is 1.38. The summed E-state index contributed by atoms with van der Waals surface area (Å²) in [7, 11) is 0. The van der Waals surface area contributed by atoms with Crippen LogP contribution in [0.2, 0.25) is 0 Å². The molecule has 0 aliphatic heterocycles. The first-order valence-electron chi connectivity index (χ1n) is 3.80. The van der Waals surface area contributed by atoms with E-state index in [0.717, 1.165) is 6.42 Å². The predicted molar refractivity (Wildman–Crippen MR) is 42.6 cm³/mol. The van der Waals surface area contributed by atoms with E-state index in [4.69, 9.17) is 10.8 Å². The van der Waals surface area contributed by atoms with Crippen LogP contribution in [0.3, 0.4) is 0 Å². The van der Waals surface area contributed by atoms with Gasteiger partial charge < -0.3 is 10.8 Å². The fourth-order valence-electron chi connectivity index (χ4n) is 1.17. The van der Waals surface area contributed by atoms with Crippen LogP contribution in [0.5, 0.6) is 0 Å². The lowest BCUT2D eigenvalue weighted by atomic mass is 9.91. The van der Waals surface area contributed by atoms with Crippen molar-refractivity contribution < 1.29 is 14.7 Å². The molecule has 1 aliphatic rings. The molecular formula is C8H11NO3. The zero-order valence-electron chi connectivity index (χ0n) is 6.62. The Balaban J connectivity index is 2.93. The monoisotopic (exact) mass is 169 g/mol. The van der Waals surface area contributed by atoms with Crippen molar-refractivity contribution in [1.29, 1.82) is 0 Å². The minimum absolute atomic E-state index is 0.216. The van der Waals surface area contributed by atoms with E-state index in [0.29, 0.717) is 6.42 Å². The van der Waals surface area contributed by atoms with Crippen molar-refractivity contribution in [1.82, 2.24) is 0 Å². The molecule has 3 N–H and O–H groups in total. The quantitative estimate of drug-likeness (QED) is 0.544. The molecule has 0 bridgehead atoms. The van der Waals surface area contributed by atoms with E-state index < -0.39 is 17.3 Å². The van der Waals surface area contributed by atoms with Gasteiger partial charge in [-0.25, -0.2) is 4.79 Å². The van der Waals surface area contributed by atoms with E-state index in [1.165, 1.54) is 6.08 Å². The van der Waals surface area contributed by atoms with Crippen molar-refractivity contribution in [3.05, 3.63) is 12.2 Å². The minimum Gasteiger partial charge on any atom is -0.480 e. The normalized spacial score (nSPS) is 29.9. The molecule has 0 aromatic carbocycles. The SMILES string of the molecule is NC1(C(=O)O)CCCC=CC1=O. The van der Waals surface area contributed by atoms with Crippen LogP contribution >= 0.6 is 0 Å². The third-order valence-corrected chi connectivity index (χ3v) is 2.03. The molecule has 1 unspecified atom stereocenters. The molecule has 0 fully saturated rings. The second-order valence-corrected chi connectivity index (χ2v) is 2.94. The van der Waals surface area contributed by atoms with Crippen molar-refractivity contribution in [3.8, 4) is 0 Å². The molecule has 0 radical (unpaired) electrons. The largest absolute Gasteiger partial charge is 0.480 e. The van der Waals surface area contributed by atoms with Gasteiger partial charge in [-0.15, -0.1) is 0 Å². The van der Waals surface area contributed by atoms with Gasteiger partial charge in [0.25, 0.3) is 0 Å². The van der Waals surface area contributed by atoms with Crippen molar-refractivity contribution >= 4 is 11.8 Å². The van der Waals surface area contributed by atoms with Crippen LogP contribution in [0.15, 0.2) is 12.2 Å². The van der Waals surface area contributed by atoms with Gasteiger partial charge in [0.05, 0.1) is 0 Å². The van der Waals surface area contributed by atoms with Crippen molar-refractivity contribution in [2.24, 2.45) is 5.73 Å². The van der Waals surface area contributed by atoms with Gasteiger partial charge in [0, 0.05) is 0 Å². The van der Waals surface area contributed by atoms with Gasteiger partial charge >= 0.3 is 5.97 Å². The Morgan fingerprint density at radius 2 is 2.33 bits per heavy atom. The molecule has 1 atom stereocenters. The van der Waals surface area contributed by atoms with E-state index in [-0.39, 0.29) is 6.42 Å². The summed E-state index contributed by atoms with van der Waals surface area (Å²) in [5, 5.41) is 8.71. The summed E-state index contributed by atoms with van der Waals surface area (Å²) in [4.78, 5) is 21.8. The molecule has 0 saturated heterocycles. The molecule has 0 heterocycles. The smallest absolute Gasteiger partial charge is 0.331 e. The molecule has 0 aromatic heterocycles. The number of hydrogen-bond acceptors (Lipinski definition) is 3. The average Bonchev–Trinajstić information content (AvgIpc) is 2.16. The number of carboxylic acids is 1. The lowest BCUT2D eigenvalue weighted by molar-refractivity contribution is -0.147. The van der Waals surface area contributed by atoms with Crippen molar-refractivity contribution in [2.45, 2.75) is 24.8 Å². The van der Waals surface area contributed by atoms with Crippen LogP contribution in [-0.2, 0) is 9.59 Å². The van der Waals surface area contributed by atoms with Crippen LogP contribution in [-0.4, -0.2) is 22.4 Å². The highest BCUT2D eigenvalue weighted by Crippen LogP contribution is 2.17. The number of nitrogens with two attached hydrogens (primary N) is 1. The molecule has 1 rings (SSSR count). The van der Waals surface area contributed by atoms with Crippen molar-refractivity contribution in [3.63, 3.8) is 0 Å². The summed E-state index contributed by atoms with van der Waals surface area (Å²) in [6, 6.07) is 0. The summed E-state index contributed by atoms with van der Waals surface area (Å²) in [5.74, 6) is -1.74. The molecular weight excluding hydrogens is 158 g/mol. The fraction of sp³-hybridized carbons (Fsp3) is 0.500. The van der Waals surface area contributed by atoms with E-state index in [9.17, 15) is 9.59 Å². The maximum Gasteiger partial charge on any atom is 0.331 e. The number of allylic oxidation sites excluding steroid dienone is 1. The molecule has 1 aliphatic carbocycles. The first-order chi connectivity index (χ1) is 5.57. The van der Waals surface area contributed by atoms with Gasteiger partial charge in [0.1, 0.15) is 0 Å². The van der Waals surface area contributed by atoms with Crippen LogP contribution in [0.25, 0.3) is 0 Å². The molecule has 0 saturated carbocycles. The van der Waals surface area contributed by atoms with Gasteiger partial charge in [-0.3, -0.25) is 4.79 Å². The number of carbonyl (C=O) groups excluding carboxylic acids is 1. The molecule has 0 amide bonds. The number of hydrogen-bond donors (Lipinski definition) is 2. The summed E-state index contributed by atoms with van der Waals surface area (Å²) in [6.45, 7) is 0. The zero-order chi connectivity index (χ0) is 9.19. The summed E-state index contributed by atoms with van der Waals surface area (Å²) in [5.41, 5.74) is 3.76. The number of rotatable bonds is 1. The summed E-state index contributed by atoms with van der Waals surface area (Å²) < 4.78 is 0. The Morgan fingerprint density at radius 1 is 1.67 bits per heavy atom. The van der Waals surface area contributed by atoms with E-state index in [1.807, 2.05) is 0 Å². The molecule has 4 nitrogen and oxygen atoms in total. The van der Waals surface area contributed by atoms with Gasteiger partial charge in [0.15, 0.2) is 11.3 Å². The topological polar surface area (TPSA) is 80.4 Å². The number of aliphatic carboxylic acids is 1. The maximum absolute atomic E-state index is 11.2. The first kappa shape index (κ1) is 8.93. The molecule has 66 valence electrons.